The van der Waals surface area contributed by atoms with Crippen LogP contribution >= 0.6 is 0 Å². The number of rotatable bonds is 8. The van der Waals surface area contributed by atoms with Crippen LogP contribution in [-0.2, 0) is 0 Å². The highest BCUT2D eigenvalue weighted by Gasteiger charge is 2.15. The lowest BCUT2D eigenvalue weighted by molar-refractivity contribution is 1.32. The topological polar surface area (TPSA) is 25.8 Å². The van der Waals surface area contributed by atoms with Crippen LogP contribution in [0.2, 0.25) is 0 Å². The minimum Gasteiger partial charge on any atom is -0.248 e. The lowest BCUT2D eigenvalue weighted by Gasteiger charge is -2.15. The highest BCUT2D eigenvalue weighted by molar-refractivity contribution is 6.07. The number of pyridine rings is 2. The van der Waals surface area contributed by atoms with Crippen LogP contribution in [0.25, 0.3) is 100 Å². The van der Waals surface area contributed by atoms with E-state index in [1.807, 2.05) is 12.1 Å². The van der Waals surface area contributed by atoms with E-state index >= 15 is 0 Å². The molecule has 0 bridgehead atoms. The molecular weight excluding hydrogens is 701 g/mol. The summed E-state index contributed by atoms with van der Waals surface area (Å²) in [5, 5.41) is 2.41. The maximum atomic E-state index is 5.25. The average molecular weight is 739 g/mol. The fourth-order valence-electron chi connectivity index (χ4n) is 7.98. The molecule has 0 aliphatic rings. The predicted molar refractivity (Wildman–Crippen MR) is 243 cm³/mol. The Labute approximate surface area is 339 Å². The lowest BCUT2D eigenvalue weighted by atomic mass is 9.90. The molecule has 272 valence electrons. The molecule has 0 amide bonds. The van der Waals surface area contributed by atoms with Crippen molar-refractivity contribution in [2.24, 2.45) is 0 Å². The summed E-state index contributed by atoms with van der Waals surface area (Å²) >= 11 is 0. The second-order valence-electron chi connectivity index (χ2n) is 14.6. The molecule has 2 heteroatoms. The Hall–Kier alpha value is -7.68. The molecule has 10 rings (SSSR count). The van der Waals surface area contributed by atoms with E-state index < -0.39 is 0 Å². The SMILES string of the molecule is c1ccc(-c2cc(-c3ccccc3)nc(-c3cccc(-c4cccc5cccc(-c6cccc(-c7cc(-c8ccccc8)cc(-c8ccccc8)n7)c6)c45)c3)c2)cc1. The fraction of sp³-hybridized carbons (Fsp3) is 0. The molecule has 0 aliphatic heterocycles. The Kier molecular flexibility index (Phi) is 9.27. The Bertz CT molecular complexity index is 2710. The largest absolute Gasteiger partial charge is 0.248 e. The van der Waals surface area contributed by atoms with Crippen molar-refractivity contribution in [3.63, 3.8) is 0 Å². The number of nitrogens with zero attached hydrogens (tertiary/aromatic N) is 2. The van der Waals surface area contributed by atoms with Crippen molar-refractivity contribution in [3.05, 3.63) is 231 Å². The first-order chi connectivity index (χ1) is 28.7. The smallest absolute Gasteiger partial charge is 0.0715 e. The van der Waals surface area contributed by atoms with Crippen LogP contribution in [0.1, 0.15) is 0 Å². The van der Waals surface area contributed by atoms with Crippen molar-refractivity contribution in [2.75, 3.05) is 0 Å². The van der Waals surface area contributed by atoms with E-state index in [0.29, 0.717) is 0 Å². The first-order valence-electron chi connectivity index (χ1n) is 19.7. The van der Waals surface area contributed by atoms with Crippen molar-refractivity contribution in [2.45, 2.75) is 0 Å². The van der Waals surface area contributed by atoms with Gasteiger partial charge in [-0.15, -0.1) is 0 Å². The maximum Gasteiger partial charge on any atom is 0.0715 e. The van der Waals surface area contributed by atoms with Crippen molar-refractivity contribution in [1.82, 2.24) is 9.97 Å². The molecule has 0 radical (unpaired) electrons. The Morgan fingerprint density at radius 1 is 0.207 bits per heavy atom. The molecule has 8 aromatic carbocycles. The molecule has 0 unspecified atom stereocenters. The minimum atomic E-state index is 0.940. The van der Waals surface area contributed by atoms with Crippen LogP contribution in [0.15, 0.2) is 231 Å². The normalized spacial score (nSPS) is 11.1. The van der Waals surface area contributed by atoms with Gasteiger partial charge in [0.1, 0.15) is 0 Å². The zero-order valence-electron chi connectivity index (χ0n) is 31.8. The molecular formula is C56H38N2. The summed E-state index contributed by atoms with van der Waals surface area (Å²) < 4.78 is 0. The van der Waals surface area contributed by atoms with E-state index in [1.165, 1.54) is 33.0 Å². The molecule has 0 N–H and O–H groups in total. The molecule has 0 saturated heterocycles. The molecule has 10 aromatic rings. The second kappa shape index (κ2) is 15.5. The van der Waals surface area contributed by atoms with Crippen LogP contribution < -0.4 is 0 Å². The molecule has 0 saturated carbocycles. The second-order valence-corrected chi connectivity index (χ2v) is 14.6. The molecule has 0 atom stereocenters. The number of hydrogen-bond acceptors (Lipinski definition) is 2. The molecule has 2 heterocycles. The summed E-state index contributed by atoms with van der Waals surface area (Å²) in [5.41, 5.74) is 17.4. The number of benzene rings is 8. The first kappa shape index (κ1) is 34.8. The summed E-state index contributed by atoms with van der Waals surface area (Å²) in [6.45, 7) is 0. The van der Waals surface area contributed by atoms with Gasteiger partial charge in [0.25, 0.3) is 0 Å². The molecule has 0 spiro atoms. The van der Waals surface area contributed by atoms with Crippen LogP contribution in [0.4, 0.5) is 0 Å². The molecule has 58 heavy (non-hydrogen) atoms. The Morgan fingerprint density at radius 2 is 0.517 bits per heavy atom. The Morgan fingerprint density at radius 3 is 0.914 bits per heavy atom. The van der Waals surface area contributed by atoms with Crippen molar-refractivity contribution in [1.29, 1.82) is 0 Å². The number of fused-ring (bicyclic) bond motifs is 1. The zero-order valence-corrected chi connectivity index (χ0v) is 31.8. The quantitative estimate of drug-likeness (QED) is 0.155. The van der Waals surface area contributed by atoms with E-state index in [9.17, 15) is 0 Å². The van der Waals surface area contributed by atoms with E-state index in [0.717, 1.165) is 67.3 Å². The molecule has 0 aliphatic carbocycles. The van der Waals surface area contributed by atoms with Crippen molar-refractivity contribution < 1.29 is 0 Å². The average Bonchev–Trinajstić information content (AvgIpc) is 3.32. The Balaban J connectivity index is 1.09. The van der Waals surface area contributed by atoms with Gasteiger partial charge in [0.2, 0.25) is 0 Å². The van der Waals surface area contributed by atoms with E-state index in [-0.39, 0.29) is 0 Å². The van der Waals surface area contributed by atoms with Gasteiger partial charge in [0, 0.05) is 22.3 Å². The van der Waals surface area contributed by atoms with Crippen molar-refractivity contribution in [3.8, 4) is 89.5 Å². The highest BCUT2D eigenvalue weighted by Crippen LogP contribution is 2.40. The van der Waals surface area contributed by atoms with Gasteiger partial charge in [-0.1, -0.05) is 194 Å². The summed E-state index contributed by atoms with van der Waals surface area (Å²) in [6.07, 6.45) is 0. The highest BCUT2D eigenvalue weighted by atomic mass is 14.7. The standard InChI is InChI=1S/C56H38N2/c1-5-17-39(18-6-1)48-35-52(41-21-9-3-10-22-41)57-54(37-48)46-29-13-27-44(33-46)50-31-15-25-43-26-16-32-51(56(43)50)45-28-14-30-47(34-45)55-38-49(40-19-7-2-8-20-40)36-53(58-55)42-23-11-4-12-24-42/h1-38H. The summed E-state index contributed by atoms with van der Waals surface area (Å²) in [4.78, 5) is 10.5. The maximum absolute atomic E-state index is 5.25. The first-order valence-corrected chi connectivity index (χ1v) is 19.7. The summed E-state index contributed by atoms with van der Waals surface area (Å²) in [7, 11) is 0. The van der Waals surface area contributed by atoms with Crippen LogP contribution in [-0.4, -0.2) is 9.97 Å². The van der Waals surface area contributed by atoms with Crippen molar-refractivity contribution >= 4 is 10.8 Å². The van der Waals surface area contributed by atoms with Gasteiger partial charge in [-0.25, -0.2) is 9.97 Å². The lowest BCUT2D eigenvalue weighted by Crippen LogP contribution is -1.93. The van der Waals surface area contributed by atoms with Gasteiger partial charge < -0.3 is 0 Å². The monoisotopic (exact) mass is 738 g/mol. The van der Waals surface area contributed by atoms with Gasteiger partial charge in [-0.2, -0.15) is 0 Å². The predicted octanol–water partition coefficient (Wildman–Crippen LogP) is 15.0. The van der Waals surface area contributed by atoms with Crippen LogP contribution in [0, 0.1) is 0 Å². The minimum absolute atomic E-state index is 0.940. The van der Waals surface area contributed by atoms with Gasteiger partial charge >= 0.3 is 0 Å². The number of hydrogen-bond donors (Lipinski definition) is 0. The van der Waals surface area contributed by atoms with Gasteiger partial charge in [0.05, 0.1) is 22.8 Å². The van der Waals surface area contributed by atoms with Crippen LogP contribution in [0.3, 0.4) is 0 Å². The van der Waals surface area contributed by atoms with Gasteiger partial charge in [0.15, 0.2) is 0 Å². The third kappa shape index (κ3) is 7.00. The van der Waals surface area contributed by atoms with E-state index in [4.69, 9.17) is 9.97 Å². The fourth-order valence-corrected chi connectivity index (χ4v) is 7.98. The molecule has 0 fully saturated rings. The van der Waals surface area contributed by atoms with Gasteiger partial charge in [-0.05, 0) is 91.7 Å². The van der Waals surface area contributed by atoms with E-state index in [1.54, 1.807) is 0 Å². The van der Waals surface area contributed by atoms with Crippen LogP contribution in [0.5, 0.6) is 0 Å². The van der Waals surface area contributed by atoms with E-state index in [2.05, 4.69) is 218 Å². The third-order valence-corrected chi connectivity index (χ3v) is 10.8. The summed E-state index contributed by atoms with van der Waals surface area (Å²) in [6, 6.07) is 81.7. The zero-order chi connectivity index (χ0) is 38.7. The van der Waals surface area contributed by atoms with Gasteiger partial charge in [-0.3, -0.25) is 0 Å². The number of aromatic nitrogens is 2. The molecule has 2 nitrogen and oxygen atoms in total. The molecule has 2 aromatic heterocycles. The summed E-state index contributed by atoms with van der Waals surface area (Å²) in [5.74, 6) is 0. The third-order valence-electron chi connectivity index (χ3n) is 10.8.